The van der Waals surface area contributed by atoms with Crippen LogP contribution in [0.1, 0.15) is 25.5 Å². The minimum Gasteiger partial charge on any atom is -0.394 e. The Morgan fingerprint density at radius 3 is 2.63 bits per heavy atom. The highest BCUT2D eigenvalue weighted by atomic mass is 16.5. The molecule has 2 heterocycles. The summed E-state index contributed by atoms with van der Waals surface area (Å²) >= 11 is 0. The lowest BCUT2D eigenvalue weighted by atomic mass is 10.1. The SMILES string of the molecule is CC(C)c1nn(C)c(NCCN2CCOCC2)c1N. The van der Waals surface area contributed by atoms with E-state index in [-0.39, 0.29) is 0 Å². The van der Waals surface area contributed by atoms with Crippen LogP contribution >= 0.6 is 0 Å². The molecular weight excluding hydrogens is 242 g/mol. The largest absolute Gasteiger partial charge is 0.394 e. The van der Waals surface area contributed by atoms with Gasteiger partial charge < -0.3 is 15.8 Å². The van der Waals surface area contributed by atoms with Crippen LogP contribution in [0.4, 0.5) is 11.5 Å². The fourth-order valence-electron chi connectivity index (χ4n) is 2.35. The Balaban J connectivity index is 1.88. The normalized spacial score (nSPS) is 17.1. The van der Waals surface area contributed by atoms with Crippen LogP contribution in [0, 0.1) is 0 Å². The molecule has 0 amide bonds. The van der Waals surface area contributed by atoms with E-state index in [2.05, 4.69) is 29.2 Å². The molecule has 2 rings (SSSR count). The van der Waals surface area contributed by atoms with Gasteiger partial charge in [0.2, 0.25) is 0 Å². The molecule has 6 heteroatoms. The van der Waals surface area contributed by atoms with Gasteiger partial charge in [-0.3, -0.25) is 9.58 Å². The number of nitrogen functional groups attached to an aromatic ring is 1. The van der Waals surface area contributed by atoms with Crippen molar-refractivity contribution in [3.05, 3.63) is 5.69 Å². The van der Waals surface area contributed by atoms with E-state index in [0.29, 0.717) is 5.92 Å². The highest BCUT2D eigenvalue weighted by Crippen LogP contribution is 2.27. The van der Waals surface area contributed by atoms with Crippen molar-refractivity contribution >= 4 is 11.5 Å². The van der Waals surface area contributed by atoms with Crippen LogP contribution in [0.5, 0.6) is 0 Å². The Bertz CT molecular complexity index is 409. The van der Waals surface area contributed by atoms with E-state index in [4.69, 9.17) is 10.5 Å². The van der Waals surface area contributed by atoms with Gasteiger partial charge in [0.1, 0.15) is 5.82 Å². The van der Waals surface area contributed by atoms with Gasteiger partial charge in [0.05, 0.1) is 24.6 Å². The molecule has 1 saturated heterocycles. The van der Waals surface area contributed by atoms with Gasteiger partial charge in [0, 0.05) is 33.2 Å². The highest BCUT2D eigenvalue weighted by Gasteiger charge is 2.16. The molecule has 0 aliphatic carbocycles. The van der Waals surface area contributed by atoms with Gasteiger partial charge in [0.25, 0.3) is 0 Å². The molecule has 0 aromatic carbocycles. The number of hydrogen-bond donors (Lipinski definition) is 2. The molecule has 0 bridgehead atoms. The van der Waals surface area contributed by atoms with Gasteiger partial charge in [-0.15, -0.1) is 0 Å². The third-order valence-electron chi connectivity index (χ3n) is 3.48. The number of nitrogens with two attached hydrogens (primary N) is 1. The minimum atomic E-state index is 0.348. The summed E-state index contributed by atoms with van der Waals surface area (Å²) in [5.74, 6) is 1.28. The molecule has 0 spiro atoms. The first kappa shape index (κ1) is 14.1. The van der Waals surface area contributed by atoms with E-state index < -0.39 is 0 Å². The quantitative estimate of drug-likeness (QED) is 0.828. The van der Waals surface area contributed by atoms with E-state index in [1.54, 1.807) is 0 Å². The fraction of sp³-hybridized carbons (Fsp3) is 0.769. The first-order valence-corrected chi connectivity index (χ1v) is 6.96. The Morgan fingerprint density at radius 1 is 1.37 bits per heavy atom. The van der Waals surface area contributed by atoms with Crippen LogP contribution < -0.4 is 11.1 Å². The number of rotatable bonds is 5. The molecule has 6 nitrogen and oxygen atoms in total. The summed E-state index contributed by atoms with van der Waals surface area (Å²) in [6.45, 7) is 9.80. The summed E-state index contributed by atoms with van der Waals surface area (Å²) in [6, 6.07) is 0. The van der Waals surface area contributed by atoms with Gasteiger partial charge in [-0.05, 0) is 5.92 Å². The summed E-state index contributed by atoms with van der Waals surface area (Å²) in [7, 11) is 1.93. The summed E-state index contributed by atoms with van der Waals surface area (Å²) in [5.41, 5.74) is 7.89. The van der Waals surface area contributed by atoms with Crippen molar-refractivity contribution in [2.75, 3.05) is 50.4 Å². The predicted molar refractivity (Wildman–Crippen MR) is 77.5 cm³/mol. The van der Waals surface area contributed by atoms with Crippen LogP contribution in [0.3, 0.4) is 0 Å². The predicted octanol–water partition coefficient (Wildman–Crippen LogP) is 0.870. The molecule has 0 radical (unpaired) electrons. The third kappa shape index (κ3) is 3.39. The second-order valence-corrected chi connectivity index (χ2v) is 5.31. The Hall–Kier alpha value is -1.27. The Kier molecular flexibility index (Phi) is 4.66. The molecule has 1 aromatic heterocycles. The number of ether oxygens (including phenoxy) is 1. The van der Waals surface area contributed by atoms with Crippen molar-refractivity contribution in [2.45, 2.75) is 19.8 Å². The number of aromatic nitrogens is 2. The molecule has 0 saturated carbocycles. The van der Waals surface area contributed by atoms with Gasteiger partial charge in [0.15, 0.2) is 0 Å². The molecule has 1 aromatic rings. The van der Waals surface area contributed by atoms with Crippen molar-refractivity contribution in [3.63, 3.8) is 0 Å². The summed E-state index contributed by atoms with van der Waals surface area (Å²) < 4.78 is 7.17. The summed E-state index contributed by atoms with van der Waals surface area (Å²) in [6.07, 6.45) is 0. The van der Waals surface area contributed by atoms with E-state index in [9.17, 15) is 0 Å². The number of morpholine rings is 1. The van der Waals surface area contributed by atoms with Crippen molar-refractivity contribution in [2.24, 2.45) is 7.05 Å². The zero-order chi connectivity index (χ0) is 13.8. The van der Waals surface area contributed by atoms with Gasteiger partial charge in [-0.25, -0.2) is 0 Å². The summed E-state index contributed by atoms with van der Waals surface area (Å²) in [5, 5.41) is 7.87. The lowest BCUT2D eigenvalue weighted by Gasteiger charge is -2.26. The van der Waals surface area contributed by atoms with Gasteiger partial charge in [-0.1, -0.05) is 13.8 Å². The zero-order valence-corrected chi connectivity index (χ0v) is 12.1. The molecule has 19 heavy (non-hydrogen) atoms. The van der Waals surface area contributed by atoms with Crippen molar-refractivity contribution in [1.29, 1.82) is 0 Å². The van der Waals surface area contributed by atoms with Crippen molar-refractivity contribution < 1.29 is 4.74 Å². The Morgan fingerprint density at radius 2 is 2.05 bits per heavy atom. The van der Waals surface area contributed by atoms with E-state index in [1.807, 2.05) is 11.7 Å². The topological polar surface area (TPSA) is 68.3 Å². The molecule has 0 atom stereocenters. The zero-order valence-electron chi connectivity index (χ0n) is 12.1. The second kappa shape index (κ2) is 6.25. The van der Waals surface area contributed by atoms with Crippen molar-refractivity contribution in [1.82, 2.24) is 14.7 Å². The van der Waals surface area contributed by atoms with Crippen LogP contribution in [0.2, 0.25) is 0 Å². The molecule has 3 N–H and O–H groups in total. The molecule has 1 aliphatic rings. The monoisotopic (exact) mass is 267 g/mol. The second-order valence-electron chi connectivity index (χ2n) is 5.31. The molecular formula is C13H25N5O. The average Bonchev–Trinajstić information content (AvgIpc) is 2.68. The molecule has 0 unspecified atom stereocenters. The number of nitrogens with zero attached hydrogens (tertiary/aromatic N) is 3. The first-order valence-electron chi connectivity index (χ1n) is 6.96. The van der Waals surface area contributed by atoms with Gasteiger partial charge >= 0.3 is 0 Å². The van der Waals surface area contributed by atoms with Crippen LogP contribution in [0.25, 0.3) is 0 Å². The lowest BCUT2D eigenvalue weighted by Crippen LogP contribution is -2.39. The highest BCUT2D eigenvalue weighted by molar-refractivity contribution is 5.65. The summed E-state index contributed by atoms with van der Waals surface area (Å²) in [4.78, 5) is 2.40. The van der Waals surface area contributed by atoms with Crippen molar-refractivity contribution in [3.8, 4) is 0 Å². The number of anilines is 2. The fourth-order valence-corrected chi connectivity index (χ4v) is 2.35. The number of aryl methyl sites for hydroxylation is 1. The number of nitrogens with one attached hydrogen (secondary N) is 1. The van der Waals surface area contributed by atoms with E-state index in [1.165, 1.54) is 0 Å². The lowest BCUT2D eigenvalue weighted by molar-refractivity contribution is 0.0398. The smallest absolute Gasteiger partial charge is 0.147 e. The van der Waals surface area contributed by atoms with E-state index in [0.717, 1.165) is 56.6 Å². The maximum Gasteiger partial charge on any atom is 0.147 e. The Labute approximate surface area is 114 Å². The minimum absolute atomic E-state index is 0.348. The van der Waals surface area contributed by atoms with Crippen LogP contribution in [-0.2, 0) is 11.8 Å². The average molecular weight is 267 g/mol. The maximum atomic E-state index is 6.14. The standard InChI is InChI=1S/C13H25N5O/c1-10(2)12-11(14)13(17(3)16-12)15-4-5-18-6-8-19-9-7-18/h10,15H,4-9,14H2,1-3H3. The number of hydrogen-bond acceptors (Lipinski definition) is 5. The first-order chi connectivity index (χ1) is 9.09. The molecule has 1 aliphatic heterocycles. The third-order valence-corrected chi connectivity index (χ3v) is 3.48. The van der Waals surface area contributed by atoms with E-state index >= 15 is 0 Å². The van der Waals surface area contributed by atoms with Crippen LogP contribution in [-0.4, -0.2) is 54.1 Å². The molecule has 108 valence electrons. The van der Waals surface area contributed by atoms with Gasteiger partial charge in [-0.2, -0.15) is 5.10 Å². The molecule has 1 fully saturated rings. The van der Waals surface area contributed by atoms with Crippen LogP contribution in [0.15, 0.2) is 0 Å². The maximum absolute atomic E-state index is 6.14.